The lowest BCUT2D eigenvalue weighted by atomic mass is 9.98. The lowest BCUT2D eigenvalue weighted by Gasteiger charge is -2.22. The van der Waals surface area contributed by atoms with Gasteiger partial charge in [0.05, 0.1) is 18.8 Å². The Labute approximate surface area is 149 Å². The number of benzene rings is 2. The molecule has 0 radical (unpaired) electrons. The molecular weight excluding hydrogens is 314 g/mol. The summed E-state index contributed by atoms with van der Waals surface area (Å²) in [6, 6.07) is 20.1. The fourth-order valence-corrected chi connectivity index (χ4v) is 3.10. The first-order valence-corrected chi connectivity index (χ1v) is 8.99. The third-order valence-corrected chi connectivity index (χ3v) is 4.43. The molecule has 1 aliphatic heterocycles. The molecule has 1 aliphatic rings. The van der Waals surface area contributed by atoms with Crippen LogP contribution in [0.2, 0.25) is 0 Å². The lowest BCUT2D eigenvalue weighted by Crippen LogP contribution is -2.31. The van der Waals surface area contributed by atoms with Crippen molar-refractivity contribution in [3.8, 4) is 0 Å². The van der Waals surface area contributed by atoms with Gasteiger partial charge in [-0.05, 0) is 17.5 Å². The van der Waals surface area contributed by atoms with Gasteiger partial charge in [0.15, 0.2) is 0 Å². The van der Waals surface area contributed by atoms with Gasteiger partial charge in [-0.3, -0.25) is 4.84 Å². The maximum atomic E-state index is 12.5. The Morgan fingerprint density at radius 3 is 2.48 bits per heavy atom. The van der Waals surface area contributed by atoms with Crippen LogP contribution in [0, 0.1) is 0 Å². The number of carbonyl (C=O) groups excluding carboxylic acids is 1. The molecule has 3 rings (SSSR count). The van der Waals surface area contributed by atoms with Gasteiger partial charge < -0.3 is 4.74 Å². The first-order valence-electron chi connectivity index (χ1n) is 8.99. The van der Waals surface area contributed by atoms with Gasteiger partial charge in [-0.15, -0.1) is 0 Å². The van der Waals surface area contributed by atoms with Crippen LogP contribution in [0.15, 0.2) is 60.7 Å². The maximum Gasteiger partial charge on any atom is 0.434 e. The van der Waals surface area contributed by atoms with Crippen LogP contribution in [0.5, 0.6) is 0 Å². The highest BCUT2D eigenvalue weighted by atomic mass is 16.7. The van der Waals surface area contributed by atoms with Crippen LogP contribution < -0.4 is 0 Å². The van der Waals surface area contributed by atoms with Gasteiger partial charge in [-0.1, -0.05) is 74.0 Å². The number of rotatable bonds is 6. The van der Waals surface area contributed by atoms with Crippen LogP contribution >= 0.6 is 0 Å². The van der Waals surface area contributed by atoms with Crippen molar-refractivity contribution >= 4 is 6.09 Å². The molecule has 0 N–H and O–H groups in total. The minimum absolute atomic E-state index is 0.0358. The number of amides is 1. The average Bonchev–Trinajstić information content (AvgIpc) is 3.07. The summed E-state index contributed by atoms with van der Waals surface area (Å²) in [6.07, 6.45) is 2.98. The third kappa shape index (κ3) is 4.60. The van der Waals surface area contributed by atoms with E-state index in [1.54, 1.807) is 0 Å². The second-order valence-corrected chi connectivity index (χ2v) is 6.37. The fraction of sp³-hybridized carbons (Fsp3) is 0.381. The monoisotopic (exact) mass is 339 g/mol. The summed E-state index contributed by atoms with van der Waals surface area (Å²) in [6.45, 7) is 2.50. The van der Waals surface area contributed by atoms with E-state index in [2.05, 4.69) is 19.1 Å². The fourth-order valence-electron chi connectivity index (χ4n) is 3.10. The second kappa shape index (κ2) is 8.67. The van der Waals surface area contributed by atoms with E-state index in [4.69, 9.17) is 9.57 Å². The van der Waals surface area contributed by atoms with Gasteiger partial charge >= 0.3 is 6.09 Å². The van der Waals surface area contributed by atoms with Gasteiger partial charge in [0.2, 0.25) is 0 Å². The molecule has 0 spiro atoms. The summed E-state index contributed by atoms with van der Waals surface area (Å²) in [5, 5.41) is 1.43. The van der Waals surface area contributed by atoms with Crippen LogP contribution in [0.3, 0.4) is 0 Å². The zero-order chi connectivity index (χ0) is 17.5. The molecule has 2 aromatic rings. The second-order valence-electron chi connectivity index (χ2n) is 6.37. The minimum Gasteiger partial charge on any atom is -0.448 e. The molecule has 2 unspecified atom stereocenters. The average molecular weight is 339 g/mol. The van der Waals surface area contributed by atoms with Crippen molar-refractivity contribution < 1.29 is 14.4 Å². The lowest BCUT2D eigenvalue weighted by molar-refractivity contribution is -0.140. The first-order chi connectivity index (χ1) is 12.3. The van der Waals surface area contributed by atoms with Gasteiger partial charge in [0.25, 0.3) is 0 Å². The number of carbonyl (C=O) groups is 1. The molecule has 0 aromatic heterocycles. The number of ether oxygens (including phenoxy) is 1. The molecule has 25 heavy (non-hydrogen) atoms. The van der Waals surface area contributed by atoms with E-state index in [0.29, 0.717) is 6.61 Å². The Bertz CT molecular complexity index is 659. The highest BCUT2D eigenvalue weighted by Gasteiger charge is 2.38. The smallest absolute Gasteiger partial charge is 0.434 e. The third-order valence-electron chi connectivity index (χ3n) is 4.43. The predicted octanol–water partition coefficient (Wildman–Crippen LogP) is 4.91. The number of hydrogen-bond acceptors (Lipinski definition) is 3. The van der Waals surface area contributed by atoms with Gasteiger partial charge in [-0.2, -0.15) is 5.06 Å². The summed E-state index contributed by atoms with van der Waals surface area (Å²) in [7, 11) is 0. The summed E-state index contributed by atoms with van der Waals surface area (Å²) in [5.74, 6) is 0. The zero-order valence-electron chi connectivity index (χ0n) is 14.6. The predicted molar refractivity (Wildman–Crippen MR) is 96.9 cm³/mol. The molecule has 2 aromatic carbocycles. The Kier molecular flexibility index (Phi) is 6.07. The largest absolute Gasteiger partial charge is 0.448 e. The van der Waals surface area contributed by atoms with Crippen LogP contribution in [-0.2, 0) is 16.0 Å². The molecular formula is C21H25NO3. The molecule has 0 bridgehead atoms. The topological polar surface area (TPSA) is 38.8 Å². The highest BCUT2D eigenvalue weighted by Crippen LogP contribution is 2.35. The van der Waals surface area contributed by atoms with E-state index in [1.807, 2.05) is 48.5 Å². The van der Waals surface area contributed by atoms with Crippen LogP contribution in [0.4, 0.5) is 4.79 Å². The summed E-state index contributed by atoms with van der Waals surface area (Å²) in [4.78, 5) is 18.5. The van der Waals surface area contributed by atoms with Crippen molar-refractivity contribution in [1.29, 1.82) is 0 Å². The summed E-state index contributed by atoms with van der Waals surface area (Å²) in [5.41, 5.74) is 2.28. The Hall–Kier alpha value is -2.33. The SMILES string of the molecule is CCCCOC(=O)N1OC(Cc2ccccc2)CC1c1ccccc1. The van der Waals surface area contributed by atoms with Crippen molar-refractivity contribution in [1.82, 2.24) is 5.06 Å². The van der Waals surface area contributed by atoms with E-state index in [0.717, 1.165) is 31.2 Å². The molecule has 1 fully saturated rings. The van der Waals surface area contributed by atoms with Crippen molar-refractivity contribution in [2.45, 2.75) is 44.8 Å². The van der Waals surface area contributed by atoms with Crippen molar-refractivity contribution in [2.24, 2.45) is 0 Å². The molecule has 1 amide bonds. The van der Waals surface area contributed by atoms with Crippen LogP contribution in [0.25, 0.3) is 0 Å². The Morgan fingerprint density at radius 2 is 1.80 bits per heavy atom. The first kappa shape index (κ1) is 17.5. The van der Waals surface area contributed by atoms with Crippen LogP contribution in [-0.4, -0.2) is 23.9 Å². The molecule has 2 atom stereocenters. The minimum atomic E-state index is -0.391. The summed E-state index contributed by atoms with van der Waals surface area (Å²) < 4.78 is 5.38. The molecule has 1 heterocycles. The Morgan fingerprint density at radius 1 is 1.12 bits per heavy atom. The molecule has 132 valence electrons. The van der Waals surface area contributed by atoms with E-state index < -0.39 is 6.09 Å². The standard InChI is InChI=1S/C21H25NO3/c1-2-3-14-24-21(23)22-20(18-12-8-5-9-13-18)16-19(25-22)15-17-10-6-4-7-11-17/h4-13,19-20H,2-3,14-16H2,1H3. The van der Waals surface area contributed by atoms with Gasteiger partial charge in [0, 0.05) is 12.8 Å². The summed E-state index contributed by atoms with van der Waals surface area (Å²) >= 11 is 0. The molecule has 4 nitrogen and oxygen atoms in total. The van der Waals surface area contributed by atoms with Crippen LogP contribution in [0.1, 0.15) is 43.4 Å². The van der Waals surface area contributed by atoms with Crippen molar-refractivity contribution in [2.75, 3.05) is 6.61 Å². The molecule has 0 saturated carbocycles. The van der Waals surface area contributed by atoms with E-state index in [-0.39, 0.29) is 12.1 Å². The normalized spacial score (nSPS) is 19.8. The highest BCUT2D eigenvalue weighted by molar-refractivity contribution is 5.67. The van der Waals surface area contributed by atoms with Crippen molar-refractivity contribution in [3.63, 3.8) is 0 Å². The van der Waals surface area contributed by atoms with E-state index >= 15 is 0 Å². The molecule has 4 heteroatoms. The zero-order valence-corrected chi connectivity index (χ0v) is 14.6. The number of hydrogen-bond donors (Lipinski definition) is 0. The quantitative estimate of drug-likeness (QED) is 0.702. The van der Waals surface area contributed by atoms with E-state index in [1.165, 1.54) is 10.6 Å². The van der Waals surface area contributed by atoms with E-state index in [9.17, 15) is 4.79 Å². The van der Waals surface area contributed by atoms with Gasteiger partial charge in [0.1, 0.15) is 0 Å². The Balaban J connectivity index is 1.72. The molecule has 1 saturated heterocycles. The number of unbranched alkanes of at least 4 members (excludes halogenated alkanes) is 1. The number of hydroxylamine groups is 2. The van der Waals surface area contributed by atoms with Gasteiger partial charge in [-0.25, -0.2) is 4.79 Å². The van der Waals surface area contributed by atoms with Crippen molar-refractivity contribution in [3.05, 3.63) is 71.8 Å². The molecule has 0 aliphatic carbocycles. The maximum absolute atomic E-state index is 12.5. The number of nitrogens with zero attached hydrogens (tertiary/aromatic N) is 1.